The van der Waals surface area contributed by atoms with Crippen LogP contribution in [0.25, 0.3) is 10.9 Å². The van der Waals surface area contributed by atoms with Gasteiger partial charge in [0, 0.05) is 18.8 Å². The van der Waals surface area contributed by atoms with Crippen LogP contribution in [0.1, 0.15) is 48.5 Å². The summed E-state index contributed by atoms with van der Waals surface area (Å²) in [6, 6.07) is -0.196. The number of carboxylic acid groups (broad SMARTS) is 1. The first-order chi connectivity index (χ1) is 13.3. The molecule has 0 unspecified atom stereocenters. The number of hydrogen-bond donors (Lipinski definition) is 2. The lowest BCUT2D eigenvalue weighted by atomic mass is 10.1. The van der Waals surface area contributed by atoms with Gasteiger partial charge in [-0.2, -0.15) is 0 Å². The van der Waals surface area contributed by atoms with E-state index >= 15 is 4.39 Å². The summed E-state index contributed by atoms with van der Waals surface area (Å²) >= 11 is 0. The molecule has 148 valence electrons. The number of carboxylic acids is 1. The summed E-state index contributed by atoms with van der Waals surface area (Å²) in [6.45, 7) is 0.118. The van der Waals surface area contributed by atoms with Gasteiger partial charge in [0.15, 0.2) is 11.6 Å². The Hall–Kier alpha value is -2.81. The highest BCUT2D eigenvalue weighted by Crippen LogP contribution is 2.40. The van der Waals surface area contributed by atoms with E-state index in [1.807, 2.05) is 0 Å². The summed E-state index contributed by atoms with van der Waals surface area (Å²) in [5.74, 6) is -4.16. The molecule has 0 spiro atoms. The van der Waals surface area contributed by atoms with Crippen molar-refractivity contribution in [1.82, 2.24) is 4.57 Å². The molecule has 7 nitrogen and oxygen atoms in total. The zero-order valence-electron chi connectivity index (χ0n) is 15.0. The van der Waals surface area contributed by atoms with Crippen LogP contribution in [-0.4, -0.2) is 34.1 Å². The molecular formula is C19H19F2N3O4. The summed E-state index contributed by atoms with van der Waals surface area (Å²) in [6.07, 6.45) is 4.12. The zero-order valence-corrected chi connectivity index (χ0v) is 15.0. The van der Waals surface area contributed by atoms with Gasteiger partial charge in [0.25, 0.3) is 0 Å². The molecule has 1 atom stereocenters. The number of nitrogens with zero attached hydrogens (tertiary/aromatic N) is 2. The average Bonchev–Trinajstić information content (AvgIpc) is 3.48. The van der Waals surface area contributed by atoms with Crippen molar-refractivity contribution in [3.63, 3.8) is 0 Å². The molecule has 1 aromatic carbocycles. The van der Waals surface area contributed by atoms with Crippen LogP contribution in [0.2, 0.25) is 0 Å². The average molecular weight is 391 g/mol. The fraction of sp³-hybridized carbons (Fsp3) is 0.421. The molecule has 1 aliphatic carbocycles. The van der Waals surface area contributed by atoms with E-state index < -0.39 is 46.2 Å². The van der Waals surface area contributed by atoms with Gasteiger partial charge in [0.05, 0.1) is 16.9 Å². The van der Waals surface area contributed by atoms with E-state index in [4.69, 9.17) is 5.73 Å². The van der Waals surface area contributed by atoms with Gasteiger partial charge < -0.3 is 20.3 Å². The molecule has 2 aliphatic rings. The van der Waals surface area contributed by atoms with Crippen molar-refractivity contribution in [2.45, 2.75) is 44.2 Å². The maximum absolute atomic E-state index is 15.5. The first-order valence-electron chi connectivity index (χ1n) is 9.18. The van der Waals surface area contributed by atoms with Crippen LogP contribution in [0.3, 0.4) is 0 Å². The van der Waals surface area contributed by atoms with E-state index in [0.717, 1.165) is 17.2 Å². The molecule has 0 radical (unpaired) electrons. The number of carbonyl (C=O) groups is 2. The quantitative estimate of drug-likeness (QED) is 0.834. The first kappa shape index (κ1) is 18.5. The third-order valence-corrected chi connectivity index (χ3v) is 5.35. The van der Waals surface area contributed by atoms with Crippen molar-refractivity contribution in [3.05, 3.63) is 39.7 Å². The summed E-state index contributed by atoms with van der Waals surface area (Å²) < 4.78 is 31.8. The maximum atomic E-state index is 15.5. The van der Waals surface area contributed by atoms with E-state index in [1.165, 1.54) is 4.57 Å². The van der Waals surface area contributed by atoms with Crippen LogP contribution in [0.15, 0.2) is 17.1 Å². The Morgan fingerprint density at radius 1 is 1.18 bits per heavy atom. The molecule has 1 aliphatic heterocycles. The highest BCUT2D eigenvalue weighted by molar-refractivity contribution is 6.00. The number of hydrogen-bond acceptors (Lipinski definition) is 4. The molecule has 9 heteroatoms. The first-order valence-corrected chi connectivity index (χ1v) is 9.18. The Morgan fingerprint density at radius 2 is 1.89 bits per heavy atom. The zero-order chi connectivity index (χ0) is 20.2. The van der Waals surface area contributed by atoms with Gasteiger partial charge >= 0.3 is 5.97 Å². The minimum Gasteiger partial charge on any atom is -0.477 e. The fourth-order valence-corrected chi connectivity index (χ4v) is 3.76. The summed E-state index contributed by atoms with van der Waals surface area (Å²) in [5, 5.41) is 8.93. The van der Waals surface area contributed by atoms with E-state index in [2.05, 4.69) is 0 Å². The number of fused-ring (bicyclic) bond motifs is 1. The molecule has 3 N–H and O–H groups in total. The molecule has 28 heavy (non-hydrogen) atoms. The topological polar surface area (TPSA) is 106 Å². The number of anilines is 1. The molecule has 1 saturated carbocycles. The third-order valence-electron chi connectivity index (χ3n) is 5.35. The number of halogens is 2. The largest absolute Gasteiger partial charge is 0.477 e. The van der Waals surface area contributed by atoms with Crippen LogP contribution in [0, 0.1) is 11.6 Å². The highest BCUT2D eigenvalue weighted by atomic mass is 19.1. The number of pyridine rings is 1. The summed E-state index contributed by atoms with van der Waals surface area (Å²) in [7, 11) is 0. The number of carbonyl (C=O) groups excluding carboxylic acids is 1. The van der Waals surface area contributed by atoms with Crippen LogP contribution in [-0.2, 0) is 4.79 Å². The van der Waals surface area contributed by atoms with E-state index in [-0.39, 0.29) is 23.5 Å². The molecule has 2 fully saturated rings. The molecule has 0 bridgehead atoms. The monoisotopic (exact) mass is 391 g/mol. The van der Waals surface area contributed by atoms with Gasteiger partial charge in [-0.05, 0) is 38.2 Å². The minimum absolute atomic E-state index is 0.118. The predicted molar refractivity (Wildman–Crippen MR) is 97.5 cm³/mol. The maximum Gasteiger partial charge on any atom is 0.341 e. The number of nitrogens with two attached hydrogens (primary N) is 1. The number of rotatable bonds is 3. The Bertz CT molecular complexity index is 1060. The second-order valence-corrected chi connectivity index (χ2v) is 7.32. The smallest absolute Gasteiger partial charge is 0.341 e. The predicted octanol–water partition coefficient (Wildman–Crippen LogP) is 2.16. The number of benzene rings is 1. The SMILES string of the molecule is N[C@@H]1CCCCN(c2c(F)cc3c(=O)c(C(=O)O)cn(C4CC4)c3c2F)C1=O. The normalized spacial score (nSPS) is 20.5. The van der Waals surface area contributed by atoms with Crippen molar-refractivity contribution in [2.24, 2.45) is 5.73 Å². The lowest BCUT2D eigenvalue weighted by molar-refractivity contribution is -0.119. The van der Waals surface area contributed by atoms with Gasteiger partial charge in [-0.15, -0.1) is 0 Å². The van der Waals surface area contributed by atoms with Crippen molar-refractivity contribution in [2.75, 3.05) is 11.4 Å². The second kappa shape index (κ2) is 6.66. The standard InChI is InChI=1S/C19H19F2N3O4/c20-12-7-10-15(24(9-4-5-9)8-11(17(10)25)19(27)28)14(21)16(12)23-6-2-1-3-13(22)18(23)26/h7-9,13H,1-6,22H2,(H,27,28)/t13-/m1/s1. The summed E-state index contributed by atoms with van der Waals surface area (Å²) in [5.41, 5.74) is 3.61. The van der Waals surface area contributed by atoms with Crippen LogP contribution in [0.5, 0.6) is 0 Å². The van der Waals surface area contributed by atoms with E-state index in [1.54, 1.807) is 0 Å². The Morgan fingerprint density at radius 3 is 2.54 bits per heavy atom. The Kier molecular flexibility index (Phi) is 4.41. The van der Waals surface area contributed by atoms with Gasteiger partial charge in [-0.1, -0.05) is 0 Å². The number of amides is 1. The minimum atomic E-state index is -1.46. The summed E-state index contributed by atoms with van der Waals surface area (Å²) in [4.78, 5) is 37.5. The molecular weight excluding hydrogens is 372 g/mol. The van der Waals surface area contributed by atoms with Gasteiger partial charge in [0.1, 0.15) is 11.3 Å². The molecule has 4 rings (SSSR count). The molecule has 2 heterocycles. The number of aromatic carboxylic acids is 1. The van der Waals surface area contributed by atoms with Gasteiger partial charge in [-0.3, -0.25) is 9.59 Å². The van der Waals surface area contributed by atoms with Crippen LogP contribution >= 0.6 is 0 Å². The Labute approximate surface area is 158 Å². The fourth-order valence-electron chi connectivity index (χ4n) is 3.76. The number of aromatic nitrogens is 1. The van der Waals surface area contributed by atoms with Crippen molar-refractivity contribution in [3.8, 4) is 0 Å². The van der Waals surface area contributed by atoms with Crippen LogP contribution < -0.4 is 16.1 Å². The molecule has 1 amide bonds. The lowest BCUT2D eigenvalue weighted by Crippen LogP contribution is -2.43. The highest BCUT2D eigenvalue weighted by Gasteiger charge is 2.34. The van der Waals surface area contributed by atoms with Crippen molar-refractivity contribution >= 4 is 28.5 Å². The molecule has 1 aromatic heterocycles. The third kappa shape index (κ3) is 2.86. The molecule has 1 saturated heterocycles. The Balaban J connectivity index is 2.01. The van der Waals surface area contributed by atoms with Crippen LogP contribution in [0.4, 0.5) is 14.5 Å². The van der Waals surface area contributed by atoms with E-state index in [9.17, 15) is 23.9 Å². The van der Waals surface area contributed by atoms with Crippen molar-refractivity contribution < 1.29 is 23.5 Å². The molecule has 2 aromatic rings. The lowest BCUT2D eigenvalue weighted by Gasteiger charge is -2.25. The van der Waals surface area contributed by atoms with Gasteiger partial charge in [0.2, 0.25) is 11.3 Å². The van der Waals surface area contributed by atoms with Gasteiger partial charge in [-0.25, -0.2) is 13.6 Å². The van der Waals surface area contributed by atoms with E-state index in [0.29, 0.717) is 32.1 Å². The van der Waals surface area contributed by atoms with Crippen molar-refractivity contribution in [1.29, 1.82) is 0 Å². The second-order valence-electron chi connectivity index (χ2n) is 7.32.